The highest BCUT2D eigenvalue weighted by Crippen LogP contribution is 2.47. The van der Waals surface area contributed by atoms with E-state index in [2.05, 4.69) is 13.8 Å². The van der Waals surface area contributed by atoms with E-state index in [1.807, 2.05) is 0 Å². The molecule has 0 unspecified atom stereocenters. The lowest BCUT2D eigenvalue weighted by Gasteiger charge is -2.24. The van der Waals surface area contributed by atoms with Crippen LogP contribution in [0.15, 0.2) is 0 Å². The van der Waals surface area contributed by atoms with E-state index in [0.29, 0.717) is 24.9 Å². The SMILES string of the molecule is CC(=O)OCCC1(C[N+](=O)[O-])C[C@@H](C)[C@H](C)C1. The molecule has 1 aliphatic carbocycles. The summed E-state index contributed by atoms with van der Waals surface area (Å²) in [5, 5.41) is 10.8. The first-order valence-electron chi connectivity index (χ1n) is 6.10. The van der Waals surface area contributed by atoms with Crippen molar-refractivity contribution >= 4 is 5.97 Å². The number of nitro groups is 1. The summed E-state index contributed by atoms with van der Waals surface area (Å²) in [7, 11) is 0. The van der Waals surface area contributed by atoms with Gasteiger partial charge in [0, 0.05) is 17.3 Å². The average molecular weight is 243 g/mol. The van der Waals surface area contributed by atoms with E-state index in [-0.39, 0.29) is 22.9 Å². The van der Waals surface area contributed by atoms with Gasteiger partial charge in [-0.25, -0.2) is 0 Å². The van der Waals surface area contributed by atoms with Crippen LogP contribution < -0.4 is 0 Å². The molecule has 0 aliphatic heterocycles. The fraction of sp³-hybridized carbons (Fsp3) is 0.917. The highest BCUT2D eigenvalue weighted by Gasteiger charge is 2.45. The predicted molar refractivity (Wildman–Crippen MR) is 63.1 cm³/mol. The van der Waals surface area contributed by atoms with Crippen molar-refractivity contribution in [2.24, 2.45) is 17.3 Å². The minimum atomic E-state index is -0.319. The van der Waals surface area contributed by atoms with E-state index in [4.69, 9.17) is 4.74 Å². The number of carbonyl (C=O) groups is 1. The summed E-state index contributed by atoms with van der Waals surface area (Å²) in [5.41, 5.74) is -0.280. The van der Waals surface area contributed by atoms with Gasteiger partial charge in [-0.2, -0.15) is 0 Å². The van der Waals surface area contributed by atoms with Crippen molar-refractivity contribution in [2.75, 3.05) is 13.2 Å². The van der Waals surface area contributed by atoms with Crippen LogP contribution in [-0.2, 0) is 9.53 Å². The van der Waals surface area contributed by atoms with E-state index >= 15 is 0 Å². The largest absolute Gasteiger partial charge is 0.466 e. The maximum Gasteiger partial charge on any atom is 0.302 e. The van der Waals surface area contributed by atoms with Crippen molar-refractivity contribution in [3.8, 4) is 0 Å². The molecule has 5 heteroatoms. The zero-order valence-electron chi connectivity index (χ0n) is 10.8. The fourth-order valence-electron chi connectivity index (χ4n) is 2.95. The molecule has 0 saturated heterocycles. The third-order valence-electron chi connectivity index (χ3n) is 3.88. The molecule has 0 amide bonds. The van der Waals surface area contributed by atoms with Crippen LogP contribution in [0.3, 0.4) is 0 Å². The Hall–Kier alpha value is -1.13. The number of carbonyl (C=O) groups excluding carboxylic acids is 1. The Balaban J connectivity index is 2.60. The number of nitrogens with zero attached hydrogens (tertiary/aromatic N) is 1. The van der Waals surface area contributed by atoms with Gasteiger partial charge in [0.05, 0.1) is 6.61 Å². The average Bonchev–Trinajstić information content (AvgIpc) is 2.40. The lowest BCUT2D eigenvalue weighted by molar-refractivity contribution is -0.498. The van der Waals surface area contributed by atoms with Crippen molar-refractivity contribution in [1.82, 2.24) is 0 Å². The number of hydrogen-bond donors (Lipinski definition) is 0. The van der Waals surface area contributed by atoms with E-state index in [9.17, 15) is 14.9 Å². The molecule has 1 fully saturated rings. The Labute approximate surface area is 102 Å². The number of esters is 1. The maximum absolute atomic E-state index is 10.8. The molecule has 0 N–H and O–H groups in total. The van der Waals surface area contributed by atoms with Crippen molar-refractivity contribution in [3.05, 3.63) is 10.1 Å². The third kappa shape index (κ3) is 3.98. The second-order valence-corrected chi connectivity index (χ2v) is 5.44. The minimum Gasteiger partial charge on any atom is -0.466 e. The normalized spacial score (nSPS) is 26.8. The van der Waals surface area contributed by atoms with Gasteiger partial charge < -0.3 is 4.74 Å². The van der Waals surface area contributed by atoms with Crippen LogP contribution in [0.2, 0.25) is 0 Å². The topological polar surface area (TPSA) is 69.4 Å². The maximum atomic E-state index is 10.8. The lowest BCUT2D eigenvalue weighted by atomic mass is 9.82. The van der Waals surface area contributed by atoms with E-state index in [0.717, 1.165) is 12.8 Å². The van der Waals surface area contributed by atoms with Crippen LogP contribution in [0.4, 0.5) is 0 Å². The molecule has 0 aromatic rings. The predicted octanol–water partition coefficient (Wildman–Crippen LogP) is 2.27. The van der Waals surface area contributed by atoms with E-state index in [1.165, 1.54) is 6.92 Å². The van der Waals surface area contributed by atoms with Gasteiger partial charge in [-0.1, -0.05) is 13.8 Å². The molecule has 17 heavy (non-hydrogen) atoms. The molecule has 98 valence electrons. The Morgan fingerprint density at radius 3 is 2.35 bits per heavy atom. The van der Waals surface area contributed by atoms with Gasteiger partial charge >= 0.3 is 5.97 Å². The zero-order valence-corrected chi connectivity index (χ0v) is 10.8. The monoisotopic (exact) mass is 243 g/mol. The van der Waals surface area contributed by atoms with Crippen molar-refractivity contribution in [2.45, 2.75) is 40.0 Å². The molecule has 0 aromatic carbocycles. The molecule has 2 atom stereocenters. The molecule has 1 aliphatic rings. The van der Waals surface area contributed by atoms with Crippen LogP contribution in [0, 0.1) is 27.4 Å². The lowest BCUT2D eigenvalue weighted by Crippen LogP contribution is -2.29. The summed E-state index contributed by atoms with van der Waals surface area (Å²) < 4.78 is 4.92. The fourth-order valence-corrected chi connectivity index (χ4v) is 2.95. The molecule has 0 radical (unpaired) electrons. The van der Waals surface area contributed by atoms with Gasteiger partial charge in [0.1, 0.15) is 0 Å². The molecule has 0 heterocycles. The third-order valence-corrected chi connectivity index (χ3v) is 3.88. The Bertz CT molecular complexity index is 293. The summed E-state index contributed by atoms with van der Waals surface area (Å²) in [6.45, 7) is 5.92. The van der Waals surface area contributed by atoms with Crippen molar-refractivity contribution in [1.29, 1.82) is 0 Å². The molecule has 0 spiro atoms. The number of hydrogen-bond acceptors (Lipinski definition) is 4. The van der Waals surface area contributed by atoms with Gasteiger partial charge in [-0.05, 0) is 31.1 Å². The highest BCUT2D eigenvalue weighted by atomic mass is 16.6. The van der Waals surface area contributed by atoms with Crippen LogP contribution >= 0.6 is 0 Å². The second kappa shape index (κ2) is 5.47. The zero-order chi connectivity index (χ0) is 13.1. The van der Waals surface area contributed by atoms with Crippen molar-refractivity contribution < 1.29 is 14.5 Å². The molecular weight excluding hydrogens is 222 g/mol. The summed E-state index contributed by atoms with van der Waals surface area (Å²) >= 11 is 0. The summed E-state index contributed by atoms with van der Waals surface area (Å²) in [4.78, 5) is 21.2. The quantitative estimate of drug-likeness (QED) is 0.422. The Morgan fingerprint density at radius 2 is 1.94 bits per heavy atom. The first-order chi connectivity index (χ1) is 7.84. The highest BCUT2D eigenvalue weighted by molar-refractivity contribution is 5.65. The Morgan fingerprint density at radius 1 is 1.41 bits per heavy atom. The van der Waals surface area contributed by atoms with Crippen LogP contribution in [0.5, 0.6) is 0 Å². The molecular formula is C12H21NO4. The number of ether oxygens (including phenoxy) is 1. The minimum absolute atomic E-state index is 0.0110. The summed E-state index contributed by atoms with van der Waals surface area (Å²) in [6.07, 6.45) is 2.31. The first kappa shape index (κ1) is 13.9. The van der Waals surface area contributed by atoms with Crippen molar-refractivity contribution in [3.63, 3.8) is 0 Å². The molecule has 1 saturated carbocycles. The van der Waals surface area contributed by atoms with Gasteiger partial charge in [0.15, 0.2) is 0 Å². The van der Waals surface area contributed by atoms with Gasteiger partial charge in [-0.3, -0.25) is 14.9 Å². The smallest absolute Gasteiger partial charge is 0.302 e. The van der Waals surface area contributed by atoms with Crippen LogP contribution in [0.1, 0.15) is 40.0 Å². The van der Waals surface area contributed by atoms with Gasteiger partial charge in [0.2, 0.25) is 6.54 Å². The van der Waals surface area contributed by atoms with E-state index in [1.54, 1.807) is 0 Å². The molecule has 0 aromatic heterocycles. The second-order valence-electron chi connectivity index (χ2n) is 5.44. The first-order valence-corrected chi connectivity index (χ1v) is 6.10. The standard InChI is InChI=1S/C12H21NO4/c1-9-6-12(7-10(9)2,8-13(15)16)4-5-17-11(3)14/h9-10H,4-8H2,1-3H3/t9-,10-/m1/s1. The molecule has 5 nitrogen and oxygen atoms in total. The van der Waals surface area contributed by atoms with E-state index < -0.39 is 0 Å². The summed E-state index contributed by atoms with van der Waals surface area (Å²) in [5.74, 6) is 0.694. The number of rotatable bonds is 5. The summed E-state index contributed by atoms with van der Waals surface area (Å²) in [6, 6.07) is 0. The Kier molecular flexibility index (Phi) is 4.48. The van der Waals surface area contributed by atoms with Gasteiger partial charge in [-0.15, -0.1) is 0 Å². The molecule has 0 bridgehead atoms. The van der Waals surface area contributed by atoms with Crippen LogP contribution in [-0.4, -0.2) is 24.0 Å². The van der Waals surface area contributed by atoms with Gasteiger partial charge in [0.25, 0.3) is 0 Å². The molecule has 1 rings (SSSR count). The van der Waals surface area contributed by atoms with Crippen LogP contribution in [0.25, 0.3) is 0 Å².